The largest absolute Gasteiger partial charge is 0.494 e. The van der Waals surface area contributed by atoms with E-state index in [-0.39, 0.29) is 0 Å². The van der Waals surface area contributed by atoms with Gasteiger partial charge in [0.1, 0.15) is 23.0 Å². The van der Waals surface area contributed by atoms with E-state index < -0.39 is 0 Å². The smallest absolute Gasteiger partial charge is 0.193 e. The standard InChI is InChI=1S/C18H25N3O3/c1-5-22-15-7-8-17(23-6-2)16(10-15)21-18(19)20-11-14-9-12(3)24-13(14)4/h7-10H,5-6,11H2,1-4H3,(H3,19,20,21). The van der Waals surface area contributed by atoms with E-state index in [1.807, 2.05) is 52.0 Å². The fourth-order valence-electron chi connectivity index (χ4n) is 2.33. The average molecular weight is 331 g/mol. The highest BCUT2D eigenvalue weighted by Crippen LogP contribution is 2.29. The van der Waals surface area contributed by atoms with Gasteiger partial charge in [-0.2, -0.15) is 0 Å². The van der Waals surface area contributed by atoms with Gasteiger partial charge in [-0.15, -0.1) is 0 Å². The van der Waals surface area contributed by atoms with E-state index in [1.54, 1.807) is 0 Å². The van der Waals surface area contributed by atoms with Crippen LogP contribution in [0.15, 0.2) is 33.7 Å². The predicted octanol–water partition coefficient (Wildman–Crippen LogP) is 3.62. The molecule has 0 unspecified atom stereocenters. The molecule has 2 rings (SSSR count). The van der Waals surface area contributed by atoms with Gasteiger partial charge in [0.15, 0.2) is 5.96 Å². The quantitative estimate of drug-likeness (QED) is 0.598. The molecule has 1 heterocycles. The molecule has 6 nitrogen and oxygen atoms in total. The molecule has 0 aliphatic rings. The molecule has 0 aliphatic carbocycles. The Hall–Kier alpha value is -2.63. The van der Waals surface area contributed by atoms with Crippen molar-refractivity contribution in [3.8, 4) is 11.5 Å². The van der Waals surface area contributed by atoms with Crippen molar-refractivity contribution in [1.82, 2.24) is 0 Å². The highest BCUT2D eigenvalue weighted by Gasteiger charge is 2.08. The Labute approximate surface area is 142 Å². The van der Waals surface area contributed by atoms with E-state index in [0.29, 0.717) is 31.5 Å². The van der Waals surface area contributed by atoms with Gasteiger partial charge in [-0.25, -0.2) is 4.99 Å². The van der Waals surface area contributed by atoms with Crippen LogP contribution in [0.25, 0.3) is 0 Å². The number of rotatable bonds is 7. The van der Waals surface area contributed by atoms with Gasteiger partial charge in [0.25, 0.3) is 0 Å². The SMILES string of the molecule is CCOc1ccc(OCC)c(NC(N)=NCc2cc(C)oc2C)c1. The lowest BCUT2D eigenvalue weighted by atomic mass is 10.2. The Kier molecular flexibility index (Phi) is 6.12. The summed E-state index contributed by atoms with van der Waals surface area (Å²) in [6.45, 7) is 9.31. The van der Waals surface area contributed by atoms with Crippen molar-refractivity contribution in [2.45, 2.75) is 34.2 Å². The number of ether oxygens (including phenoxy) is 2. The Morgan fingerprint density at radius 2 is 1.92 bits per heavy atom. The molecule has 130 valence electrons. The van der Waals surface area contributed by atoms with Crippen molar-refractivity contribution >= 4 is 11.6 Å². The molecule has 0 saturated heterocycles. The summed E-state index contributed by atoms with van der Waals surface area (Å²) in [5, 5.41) is 3.08. The van der Waals surface area contributed by atoms with Crippen LogP contribution in [0.5, 0.6) is 11.5 Å². The summed E-state index contributed by atoms with van der Waals surface area (Å²) in [5.41, 5.74) is 7.76. The van der Waals surface area contributed by atoms with Crippen LogP contribution in [0, 0.1) is 13.8 Å². The molecule has 2 aromatic rings. The van der Waals surface area contributed by atoms with Gasteiger partial charge in [0.05, 0.1) is 25.4 Å². The lowest BCUT2D eigenvalue weighted by Crippen LogP contribution is -2.23. The van der Waals surface area contributed by atoms with Crippen LogP contribution in [0.3, 0.4) is 0 Å². The number of hydrogen-bond acceptors (Lipinski definition) is 4. The van der Waals surface area contributed by atoms with Gasteiger partial charge in [0.2, 0.25) is 0 Å². The second kappa shape index (κ2) is 8.29. The third-order valence-corrected chi connectivity index (χ3v) is 3.39. The average Bonchev–Trinajstić information content (AvgIpc) is 2.86. The van der Waals surface area contributed by atoms with Crippen LogP contribution in [0.1, 0.15) is 30.9 Å². The van der Waals surface area contributed by atoms with Crippen molar-refractivity contribution in [3.05, 3.63) is 41.3 Å². The summed E-state index contributed by atoms with van der Waals surface area (Å²) in [4.78, 5) is 4.37. The van der Waals surface area contributed by atoms with Gasteiger partial charge in [-0.05, 0) is 45.9 Å². The highest BCUT2D eigenvalue weighted by molar-refractivity contribution is 5.94. The summed E-state index contributed by atoms with van der Waals surface area (Å²) in [6, 6.07) is 7.54. The number of benzene rings is 1. The molecule has 0 spiro atoms. The maximum Gasteiger partial charge on any atom is 0.193 e. The van der Waals surface area contributed by atoms with E-state index in [0.717, 1.165) is 28.5 Å². The normalized spacial score (nSPS) is 11.4. The van der Waals surface area contributed by atoms with Gasteiger partial charge in [0, 0.05) is 11.6 Å². The summed E-state index contributed by atoms with van der Waals surface area (Å²) >= 11 is 0. The fraction of sp³-hybridized carbons (Fsp3) is 0.389. The van der Waals surface area contributed by atoms with Crippen molar-refractivity contribution < 1.29 is 13.9 Å². The number of hydrogen-bond donors (Lipinski definition) is 2. The first kappa shape index (κ1) is 17.7. The van der Waals surface area contributed by atoms with E-state index in [2.05, 4.69) is 10.3 Å². The number of nitrogens with one attached hydrogen (secondary N) is 1. The zero-order chi connectivity index (χ0) is 17.5. The Bertz CT molecular complexity index is 708. The number of nitrogens with two attached hydrogens (primary N) is 1. The molecular formula is C18H25N3O3. The molecule has 0 fully saturated rings. The first-order valence-corrected chi connectivity index (χ1v) is 8.06. The number of anilines is 1. The molecule has 0 atom stereocenters. The van der Waals surface area contributed by atoms with Gasteiger partial charge in [-0.1, -0.05) is 0 Å². The lowest BCUT2D eigenvalue weighted by molar-refractivity contribution is 0.332. The molecule has 0 radical (unpaired) electrons. The topological polar surface area (TPSA) is 82.0 Å². The summed E-state index contributed by atoms with van der Waals surface area (Å²) < 4.78 is 16.6. The summed E-state index contributed by atoms with van der Waals surface area (Å²) in [6.07, 6.45) is 0. The second-order valence-corrected chi connectivity index (χ2v) is 5.29. The predicted molar refractivity (Wildman–Crippen MR) is 95.9 cm³/mol. The number of nitrogens with zero attached hydrogens (tertiary/aromatic N) is 1. The summed E-state index contributed by atoms with van der Waals surface area (Å²) in [5.74, 6) is 3.49. The second-order valence-electron chi connectivity index (χ2n) is 5.29. The maximum absolute atomic E-state index is 6.01. The van der Waals surface area contributed by atoms with Crippen LogP contribution in [0.4, 0.5) is 5.69 Å². The first-order valence-electron chi connectivity index (χ1n) is 8.06. The third-order valence-electron chi connectivity index (χ3n) is 3.39. The maximum atomic E-state index is 6.01. The van der Waals surface area contributed by atoms with E-state index in [1.165, 1.54) is 0 Å². The fourth-order valence-corrected chi connectivity index (χ4v) is 2.33. The zero-order valence-corrected chi connectivity index (χ0v) is 14.7. The summed E-state index contributed by atoms with van der Waals surface area (Å²) in [7, 11) is 0. The molecule has 1 aromatic carbocycles. The Morgan fingerprint density at radius 3 is 2.54 bits per heavy atom. The van der Waals surface area contributed by atoms with Crippen molar-refractivity contribution in [2.75, 3.05) is 18.5 Å². The lowest BCUT2D eigenvalue weighted by Gasteiger charge is -2.13. The van der Waals surface area contributed by atoms with Crippen molar-refractivity contribution in [2.24, 2.45) is 10.7 Å². The highest BCUT2D eigenvalue weighted by atomic mass is 16.5. The molecule has 24 heavy (non-hydrogen) atoms. The molecule has 0 bridgehead atoms. The Morgan fingerprint density at radius 1 is 1.17 bits per heavy atom. The monoisotopic (exact) mass is 331 g/mol. The first-order chi connectivity index (χ1) is 11.5. The molecule has 6 heteroatoms. The van der Waals surface area contributed by atoms with Crippen LogP contribution >= 0.6 is 0 Å². The van der Waals surface area contributed by atoms with Gasteiger partial charge < -0.3 is 24.9 Å². The minimum absolute atomic E-state index is 0.308. The Balaban J connectivity index is 2.13. The number of aliphatic imine (C=N–C) groups is 1. The molecule has 3 N–H and O–H groups in total. The van der Waals surface area contributed by atoms with Crippen LogP contribution < -0.4 is 20.5 Å². The number of furan rings is 1. The molecule has 0 aliphatic heterocycles. The van der Waals surface area contributed by atoms with E-state index in [4.69, 9.17) is 19.6 Å². The van der Waals surface area contributed by atoms with Gasteiger partial charge >= 0.3 is 0 Å². The number of guanidine groups is 1. The van der Waals surface area contributed by atoms with Crippen molar-refractivity contribution in [3.63, 3.8) is 0 Å². The van der Waals surface area contributed by atoms with E-state index >= 15 is 0 Å². The minimum Gasteiger partial charge on any atom is -0.494 e. The zero-order valence-electron chi connectivity index (χ0n) is 14.7. The molecule has 0 saturated carbocycles. The van der Waals surface area contributed by atoms with Crippen LogP contribution in [0.2, 0.25) is 0 Å². The van der Waals surface area contributed by atoms with Crippen molar-refractivity contribution in [1.29, 1.82) is 0 Å². The third kappa shape index (κ3) is 4.68. The molecule has 1 aromatic heterocycles. The van der Waals surface area contributed by atoms with Gasteiger partial charge in [-0.3, -0.25) is 0 Å². The minimum atomic E-state index is 0.308. The van der Waals surface area contributed by atoms with E-state index in [9.17, 15) is 0 Å². The number of aryl methyl sites for hydroxylation is 2. The van der Waals surface area contributed by atoms with Crippen LogP contribution in [-0.2, 0) is 6.54 Å². The molecule has 0 amide bonds. The van der Waals surface area contributed by atoms with Crippen LogP contribution in [-0.4, -0.2) is 19.2 Å². The molecular weight excluding hydrogens is 306 g/mol.